The molecule has 102 valence electrons. The first-order valence-corrected chi connectivity index (χ1v) is 6.10. The lowest BCUT2D eigenvalue weighted by Crippen LogP contribution is -2.18. The van der Waals surface area contributed by atoms with Crippen molar-refractivity contribution in [2.75, 3.05) is 0 Å². The van der Waals surface area contributed by atoms with E-state index in [4.69, 9.17) is 0 Å². The summed E-state index contributed by atoms with van der Waals surface area (Å²) in [7, 11) is 0. The first kappa shape index (κ1) is 13.9. The van der Waals surface area contributed by atoms with Gasteiger partial charge in [-0.25, -0.2) is 0 Å². The third kappa shape index (κ3) is 2.42. The molecular formula is C15H14N2O3. The highest BCUT2D eigenvalue weighted by molar-refractivity contribution is 5.60. The Hall–Kier alpha value is -2.56. The average Bonchev–Trinajstić information content (AvgIpc) is 2.46. The largest absolute Gasteiger partial charge is 0.508 e. The monoisotopic (exact) mass is 270 g/mol. The fourth-order valence-electron chi connectivity index (χ4n) is 2.21. The summed E-state index contributed by atoms with van der Waals surface area (Å²) in [5.74, 6) is 0.179. The highest BCUT2D eigenvalue weighted by Gasteiger charge is 2.26. The maximum absolute atomic E-state index is 11.0. The van der Waals surface area contributed by atoms with Gasteiger partial charge in [0.15, 0.2) is 0 Å². The number of aromatic hydroxyl groups is 1. The molecule has 0 spiro atoms. The van der Waals surface area contributed by atoms with Gasteiger partial charge in [0.25, 0.3) is 0 Å². The molecule has 0 saturated carbocycles. The topological polar surface area (TPSA) is 79.1 Å². The van der Waals surface area contributed by atoms with Crippen molar-refractivity contribution in [1.82, 2.24) is 0 Å². The van der Waals surface area contributed by atoms with Gasteiger partial charge in [-0.3, -0.25) is 0 Å². The first-order chi connectivity index (χ1) is 9.48. The fourth-order valence-corrected chi connectivity index (χ4v) is 2.21. The van der Waals surface area contributed by atoms with Crippen molar-refractivity contribution in [3.63, 3.8) is 0 Å². The number of hydrogen-bond acceptors (Lipinski definition) is 5. The molecule has 0 amide bonds. The lowest BCUT2D eigenvalue weighted by atomic mass is 9.77. The van der Waals surface area contributed by atoms with Crippen LogP contribution in [0.15, 0.2) is 52.8 Å². The molecule has 0 saturated heterocycles. The van der Waals surface area contributed by atoms with Crippen LogP contribution in [0, 0.1) is 9.81 Å². The molecule has 2 aromatic rings. The smallest absolute Gasteiger partial charge is 0.115 e. The predicted octanol–water partition coefficient (Wildman–Crippen LogP) is 4.51. The van der Waals surface area contributed by atoms with Gasteiger partial charge >= 0.3 is 0 Å². The molecule has 20 heavy (non-hydrogen) atoms. The van der Waals surface area contributed by atoms with Crippen LogP contribution >= 0.6 is 0 Å². The lowest BCUT2D eigenvalue weighted by Gasteiger charge is -2.26. The zero-order valence-electron chi connectivity index (χ0n) is 11.2. The second-order valence-corrected chi connectivity index (χ2v) is 5.06. The van der Waals surface area contributed by atoms with Gasteiger partial charge in [-0.2, -0.15) is 0 Å². The summed E-state index contributed by atoms with van der Waals surface area (Å²) in [6, 6.07) is 11.4. The molecule has 2 rings (SSSR count). The molecule has 0 aliphatic carbocycles. The number of nitroso groups, excluding NO2 is 2. The minimum Gasteiger partial charge on any atom is -0.508 e. The van der Waals surface area contributed by atoms with Crippen LogP contribution in [-0.2, 0) is 5.41 Å². The Morgan fingerprint density at radius 2 is 1.60 bits per heavy atom. The van der Waals surface area contributed by atoms with Crippen LogP contribution < -0.4 is 0 Å². The van der Waals surface area contributed by atoms with Crippen molar-refractivity contribution in [1.29, 1.82) is 0 Å². The molecular weight excluding hydrogens is 256 g/mol. The van der Waals surface area contributed by atoms with Gasteiger partial charge < -0.3 is 5.11 Å². The summed E-state index contributed by atoms with van der Waals surface area (Å²) in [6.07, 6.45) is 0. The van der Waals surface area contributed by atoms with E-state index in [1.165, 1.54) is 6.07 Å². The maximum Gasteiger partial charge on any atom is 0.115 e. The Balaban J connectivity index is 2.55. The Morgan fingerprint density at radius 1 is 0.950 bits per heavy atom. The van der Waals surface area contributed by atoms with Crippen molar-refractivity contribution < 1.29 is 5.11 Å². The lowest BCUT2D eigenvalue weighted by molar-refractivity contribution is 0.474. The van der Waals surface area contributed by atoms with Gasteiger partial charge in [0, 0.05) is 5.41 Å². The maximum atomic E-state index is 11.0. The molecule has 5 heteroatoms. The summed E-state index contributed by atoms with van der Waals surface area (Å²) >= 11 is 0. The summed E-state index contributed by atoms with van der Waals surface area (Å²) in [4.78, 5) is 21.5. The third-order valence-electron chi connectivity index (χ3n) is 3.45. The second-order valence-electron chi connectivity index (χ2n) is 5.06. The molecule has 2 aromatic carbocycles. The van der Waals surface area contributed by atoms with Gasteiger partial charge in [0.05, 0.1) is 0 Å². The van der Waals surface area contributed by atoms with Gasteiger partial charge in [0.1, 0.15) is 17.1 Å². The Labute approximate surface area is 116 Å². The Bertz CT molecular complexity index is 649. The number of benzene rings is 2. The van der Waals surface area contributed by atoms with Crippen LogP contribution in [0.1, 0.15) is 25.0 Å². The minimum atomic E-state index is -0.488. The van der Waals surface area contributed by atoms with Crippen LogP contribution in [0.5, 0.6) is 5.75 Å². The quantitative estimate of drug-likeness (QED) is 0.830. The SMILES string of the molecule is CC(C)(c1ccc(O)cc1)c1ccc(N=O)cc1N=O. The van der Waals surface area contributed by atoms with E-state index < -0.39 is 5.41 Å². The normalized spacial score (nSPS) is 11.1. The van der Waals surface area contributed by atoms with E-state index in [1.807, 2.05) is 13.8 Å². The molecule has 0 unspecified atom stereocenters. The number of nitrogens with zero attached hydrogens (tertiary/aromatic N) is 2. The summed E-state index contributed by atoms with van der Waals surface area (Å²) in [5.41, 5.74) is 1.50. The Morgan fingerprint density at radius 3 is 2.15 bits per heavy atom. The molecule has 0 aliphatic heterocycles. The van der Waals surface area contributed by atoms with Crippen LogP contribution in [-0.4, -0.2) is 5.11 Å². The van der Waals surface area contributed by atoms with Crippen molar-refractivity contribution in [2.24, 2.45) is 10.4 Å². The van der Waals surface area contributed by atoms with Crippen molar-refractivity contribution in [3.05, 3.63) is 63.4 Å². The summed E-state index contributed by atoms with van der Waals surface area (Å²) < 4.78 is 0. The van der Waals surface area contributed by atoms with Gasteiger partial charge in [-0.15, -0.1) is 9.81 Å². The molecule has 1 N–H and O–H groups in total. The molecule has 5 nitrogen and oxygen atoms in total. The van der Waals surface area contributed by atoms with Crippen molar-refractivity contribution in [2.45, 2.75) is 19.3 Å². The zero-order chi connectivity index (χ0) is 14.8. The third-order valence-corrected chi connectivity index (χ3v) is 3.45. The van der Waals surface area contributed by atoms with E-state index in [2.05, 4.69) is 10.4 Å². The average molecular weight is 270 g/mol. The van der Waals surface area contributed by atoms with E-state index in [1.54, 1.807) is 36.4 Å². The molecule has 0 aliphatic rings. The van der Waals surface area contributed by atoms with Gasteiger partial charge in [0.2, 0.25) is 0 Å². The standard InChI is InChI=1S/C15H14N2O3/c1-15(2,10-3-6-12(18)7-4-10)13-8-5-11(16-19)9-14(13)17-20/h3-9,18H,1-2H3. The molecule has 0 radical (unpaired) electrons. The molecule has 0 atom stereocenters. The van der Waals surface area contributed by atoms with E-state index in [0.717, 1.165) is 5.56 Å². The first-order valence-electron chi connectivity index (χ1n) is 6.10. The molecule has 0 aromatic heterocycles. The van der Waals surface area contributed by atoms with Gasteiger partial charge in [-0.05, 0) is 45.7 Å². The Kier molecular flexibility index (Phi) is 3.61. The predicted molar refractivity (Wildman–Crippen MR) is 77.6 cm³/mol. The molecule has 0 fully saturated rings. The van der Waals surface area contributed by atoms with E-state index in [9.17, 15) is 14.9 Å². The fraction of sp³-hybridized carbons (Fsp3) is 0.200. The highest BCUT2D eigenvalue weighted by atomic mass is 16.3. The number of phenols is 1. The minimum absolute atomic E-state index is 0.171. The van der Waals surface area contributed by atoms with Crippen LogP contribution in [0.3, 0.4) is 0 Å². The highest BCUT2D eigenvalue weighted by Crippen LogP contribution is 2.39. The molecule has 0 heterocycles. The van der Waals surface area contributed by atoms with Gasteiger partial charge in [-0.1, -0.05) is 32.0 Å². The number of hydrogen-bond donors (Lipinski definition) is 1. The van der Waals surface area contributed by atoms with Crippen LogP contribution in [0.25, 0.3) is 0 Å². The zero-order valence-corrected chi connectivity index (χ0v) is 11.2. The van der Waals surface area contributed by atoms with E-state index >= 15 is 0 Å². The molecule has 0 bridgehead atoms. The van der Waals surface area contributed by atoms with Crippen molar-refractivity contribution in [3.8, 4) is 5.75 Å². The summed E-state index contributed by atoms with van der Waals surface area (Å²) in [6.45, 7) is 3.88. The van der Waals surface area contributed by atoms with Crippen LogP contribution in [0.4, 0.5) is 11.4 Å². The van der Waals surface area contributed by atoms with E-state index in [0.29, 0.717) is 5.56 Å². The summed E-state index contributed by atoms with van der Waals surface area (Å²) in [5, 5.41) is 15.1. The number of phenolic OH excluding ortho intramolecular Hbond substituents is 1. The van der Waals surface area contributed by atoms with Crippen LogP contribution in [0.2, 0.25) is 0 Å². The number of rotatable bonds is 4. The van der Waals surface area contributed by atoms with Crippen molar-refractivity contribution >= 4 is 11.4 Å². The second kappa shape index (κ2) is 5.21. The van der Waals surface area contributed by atoms with E-state index in [-0.39, 0.29) is 17.1 Å².